The second-order valence-corrected chi connectivity index (χ2v) is 4.09. The van der Waals surface area contributed by atoms with Crippen LogP contribution in [0.3, 0.4) is 0 Å². The molecule has 0 amide bonds. The van der Waals surface area contributed by atoms with Crippen LogP contribution in [0, 0.1) is 6.92 Å². The number of hydrogen-bond acceptors (Lipinski definition) is 5. The summed E-state index contributed by atoms with van der Waals surface area (Å²) in [5.41, 5.74) is 1.69. The van der Waals surface area contributed by atoms with Gasteiger partial charge < -0.3 is 9.15 Å². The van der Waals surface area contributed by atoms with E-state index >= 15 is 0 Å². The second-order valence-electron chi connectivity index (χ2n) is 4.09. The van der Waals surface area contributed by atoms with Gasteiger partial charge in [0.15, 0.2) is 0 Å². The third-order valence-electron chi connectivity index (χ3n) is 2.42. The van der Waals surface area contributed by atoms with Crippen molar-refractivity contribution in [3.63, 3.8) is 0 Å². The van der Waals surface area contributed by atoms with Gasteiger partial charge >= 0.3 is 0 Å². The first-order valence-corrected chi connectivity index (χ1v) is 5.46. The van der Waals surface area contributed by atoms with Gasteiger partial charge in [0.25, 0.3) is 0 Å². The van der Waals surface area contributed by atoms with Gasteiger partial charge in [0, 0.05) is 13.1 Å². The minimum atomic E-state index is 0.309. The van der Waals surface area contributed by atoms with Crippen LogP contribution in [-0.4, -0.2) is 22.3 Å². The van der Waals surface area contributed by atoms with Gasteiger partial charge in [-0.2, -0.15) is 0 Å². The molecule has 0 unspecified atom stereocenters. The Morgan fingerprint density at radius 1 is 1.29 bits per heavy atom. The molecule has 0 N–H and O–H groups in total. The molecular formula is C12H15N3O2. The van der Waals surface area contributed by atoms with E-state index in [1.54, 1.807) is 20.2 Å². The minimum absolute atomic E-state index is 0.309. The first kappa shape index (κ1) is 11.6. The van der Waals surface area contributed by atoms with Crippen molar-refractivity contribution in [2.24, 2.45) is 0 Å². The molecule has 0 radical (unpaired) electrons. The number of pyridine rings is 1. The number of nitrogens with zero attached hydrogens (tertiary/aromatic N) is 3. The monoisotopic (exact) mass is 233 g/mol. The average molecular weight is 233 g/mol. The first-order valence-electron chi connectivity index (χ1n) is 5.46. The summed E-state index contributed by atoms with van der Waals surface area (Å²) >= 11 is 0. The van der Waals surface area contributed by atoms with Crippen LogP contribution in [0.1, 0.15) is 31.4 Å². The molecule has 0 aliphatic carbocycles. The molecule has 90 valence electrons. The summed E-state index contributed by atoms with van der Waals surface area (Å²) < 4.78 is 10.7. The van der Waals surface area contributed by atoms with Crippen LogP contribution in [0.2, 0.25) is 0 Å². The lowest BCUT2D eigenvalue weighted by Gasteiger charge is -2.10. The van der Waals surface area contributed by atoms with E-state index < -0.39 is 0 Å². The highest BCUT2D eigenvalue weighted by Crippen LogP contribution is 2.28. The Hall–Kier alpha value is -1.91. The molecule has 2 aromatic rings. The van der Waals surface area contributed by atoms with Gasteiger partial charge in [-0.25, -0.2) is 0 Å². The number of aryl methyl sites for hydroxylation is 1. The fourth-order valence-corrected chi connectivity index (χ4v) is 1.58. The number of hydrogen-bond donors (Lipinski definition) is 0. The van der Waals surface area contributed by atoms with Crippen molar-refractivity contribution in [1.29, 1.82) is 0 Å². The molecule has 2 aromatic heterocycles. The van der Waals surface area contributed by atoms with E-state index in [-0.39, 0.29) is 0 Å². The Bertz CT molecular complexity index is 520. The van der Waals surface area contributed by atoms with Crippen molar-refractivity contribution in [2.75, 3.05) is 7.11 Å². The Kier molecular flexibility index (Phi) is 3.08. The van der Waals surface area contributed by atoms with Gasteiger partial charge in [-0.1, -0.05) is 13.8 Å². The van der Waals surface area contributed by atoms with E-state index in [0.29, 0.717) is 17.7 Å². The van der Waals surface area contributed by atoms with Crippen molar-refractivity contribution >= 4 is 0 Å². The van der Waals surface area contributed by atoms with Crippen molar-refractivity contribution < 1.29 is 9.15 Å². The lowest BCUT2D eigenvalue weighted by Crippen LogP contribution is -1.98. The summed E-state index contributed by atoms with van der Waals surface area (Å²) in [6.07, 6.45) is 1.73. The molecule has 0 fully saturated rings. The molecule has 0 saturated carbocycles. The zero-order chi connectivity index (χ0) is 12.4. The predicted octanol–water partition coefficient (Wildman–Crippen LogP) is 2.57. The Labute approximate surface area is 99.8 Å². The van der Waals surface area contributed by atoms with Crippen LogP contribution in [-0.2, 0) is 0 Å². The van der Waals surface area contributed by atoms with Crippen molar-refractivity contribution in [3.8, 4) is 17.2 Å². The van der Waals surface area contributed by atoms with Crippen molar-refractivity contribution in [3.05, 3.63) is 23.8 Å². The minimum Gasteiger partial charge on any atom is -0.495 e. The molecule has 0 spiro atoms. The summed E-state index contributed by atoms with van der Waals surface area (Å²) in [6, 6.07) is 1.87. The van der Waals surface area contributed by atoms with Crippen molar-refractivity contribution in [2.45, 2.75) is 26.7 Å². The first-order chi connectivity index (χ1) is 8.11. The Balaban J connectivity index is 2.44. The average Bonchev–Trinajstić information content (AvgIpc) is 2.75. The van der Waals surface area contributed by atoms with E-state index in [0.717, 1.165) is 17.0 Å². The summed E-state index contributed by atoms with van der Waals surface area (Å²) in [5, 5.41) is 7.74. The summed E-state index contributed by atoms with van der Waals surface area (Å²) in [4.78, 5) is 4.38. The van der Waals surface area contributed by atoms with E-state index in [2.05, 4.69) is 29.0 Å². The third kappa shape index (κ3) is 2.27. The van der Waals surface area contributed by atoms with Gasteiger partial charge in [-0.15, -0.1) is 10.2 Å². The van der Waals surface area contributed by atoms with E-state index in [1.807, 2.05) is 6.07 Å². The smallest absolute Gasteiger partial charge is 0.249 e. The SMILES string of the molecule is COc1cc(-c2nnc(C)o2)cnc1C(C)C. The molecule has 17 heavy (non-hydrogen) atoms. The van der Waals surface area contributed by atoms with E-state index in [1.165, 1.54) is 0 Å². The quantitative estimate of drug-likeness (QED) is 0.815. The number of methoxy groups -OCH3 is 1. The number of rotatable bonds is 3. The zero-order valence-corrected chi connectivity index (χ0v) is 10.4. The van der Waals surface area contributed by atoms with Crippen LogP contribution < -0.4 is 4.74 Å². The number of aromatic nitrogens is 3. The summed E-state index contributed by atoms with van der Waals surface area (Å²) in [7, 11) is 1.63. The molecule has 0 aromatic carbocycles. The zero-order valence-electron chi connectivity index (χ0n) is 10.4. The van der Waals surface area contributed by atoms with Crippen LogP contribution in [0.4, 0.5) is 0 Å². The molecule has 5 nitrogen and oxygen atoms in total. The standard InChI is InChI=1S/C12H15N3O2/c1-7(2)11-10(16-4)5-9(6-13-11)12-15-14-8(3)17-12/h5-7H,1-4H3. The van der Waals surface area contributed by atoms with Crippen LogP contribution in [0.15, 0.2) is 16.7 Å². The van der Waals surface area contributed by atoms with Crippen molar-refractivity contribution in [1.82, 2.24) is 15.2 Å². The lowest BCUT2D eigenvalue weighted by molar-refractivity contribution is 0.404. The third-order valence-corrected chi connectivity index (χ3v) is 2.42. The molecule has 0 atom stereocenters. The fraction of sp³-hybridized carbons (Fsp3) is 0.417. The van der Waals surface area contributed by atoms with Gasteiger partial charge in [0.2, 0.25) is 11.8 Å². The topological polar surface area (TPSA) is 61.0 Å². The summed E-state index contributed by atoms with van der Waals surface area (Å²) in [5.74, 6) is 2.05. The van der Waals surface area contributed by atoms with Gasteiger partial charge in [-0.3, -0.25) is 4.98 Å². The molecule has 2 rings (SSSR count). The maximum absolute atomic E-state index is 5.35. The van der Waals surface area contributed by atoms with Gasteiger partial charge in [-0.05, 0) is 12.0 Å². The summed E-state index contributed by atoms with van der Waals surface area (Å²) in [6.45, 7) is 5.90. The molecule has 5 heteroatoms. The van der Waals surface area contributed by atoms with Gasteiger partial charge in [0.05, 0.1) is 18.4 Å². The lowest BCUT2D eigenvalue weighted by atomic mass is 10.1. The maximum Gasteiger partial charge on any atom is 0.249 e. The normalized spacial score (nSPS) is 10.9. The van der Waals surface area contributed by atoms with Crippen LogP contribution in [0.5, 0.6) is 5.75 Å². The molecule has 0 aliphatic rings. The Morgan fingerprint density at radius 3 is 2.59 bits per heavy atom. The highest BCUT2D eigenvalue weighted by atomic mass is 16.5. The van der Waals surface area contributed by atoms with Crippen LogP contribution >= 0.6 is 0 Å². The highest BCUT2D eigenvalue weighted by Gasteiger charge is 2.13. The molecule has 0 aliphatic heterocycles. The maximum atomic E-state index is 5.35. The Morgan fingerprint density at radius 2 is 2.06 bits per heavy atom. The highest BCUT2D eigenvalue weighted by molar-refractivity contribution is 5.55. The fourth-order valence-electron chi connectivity index (χ4n) is 1.58. The largest absolute Gasteiger partial charge is 0.495 e. The second kappa shape index (κ2) is 4.53. The molecule has 2 heterocycles. The predicted molar refractivity (Wildman–Crippen MR) is 62.9 cm³/mol. The van der Waals surface area contributed by atoms with Crippen LogP contribution in [0.25, 0.3) is 11.5 Å². The molecular weight excluding hydrogens is 218 g/mol. The van der Waals surface area contributed by atoms with E-state index in [4.69, 9.17) is 9.15 Å². The molecule has 0 bridgehead atoms. The molecule has 0 saturated heterocycles. The van der Waals surface area contributed by atoms with Gasteiger partial charge in [0.1, 0.15) is 5.75 Å². The number of ether oxygens (including phenoxy) is 1. The van der Waals surface area contributed by atoms with E-state index in [9.17, 15) is 0 Å².